The second-order valence-electron chi connectivity index (χ2n) is 6.37. The fourth-order valence-electron chi connectivity index (χ4n) is 3.15. The Kier molecular flexibility index (Phi) is 4.46. The van der Waals surface area contributed by atoms with Crippen LogP contribution in [0.5, 0.6) is 0 Å². The van der Waals surface area contributed by atoms with E-state index >= 15 is 0 Å². The molecule has 28 heavy (non-hydrogen) atoms. The van der Waals surface area contributed by atoms with Gasteiger partial charge in [-0.3, -0.25) is 4.72 Å². The molecule has 6 nitrogen and oxygen atoms in total. The van der Waals surface area contributed by atoms with Gasteiger partial charge in [0.2, 0.25) is 10.0 Å². The maximum atomic E-state index is 15.0. The summed E-state index contributed by atoms with van der Waals surface area (Å²) < 4.78 is 55.6. The number of anilines is 1. The van der Waals surface area contributed by atoms with Crippen LogP contribution in [0.25, 0.3) is 33.1 Å². The monoisotopic (exact) mass is 402 g/mol. The minimum absolute atomic E-state index is 0.152. The lowest BCUT2D eigenvalue weighted by molar-refractivity contribution is 0.587. The van der Waals surface area contributed by atoms with E-state index in [1.54, 1.807) is 31.3 Å². The molecular weight excluding hydrogens is 386 g/mol. The number of pyridine rings is 1. The predicted molar refractivity (Wildman–Crippen MR) is 104 cm³/mol. The fraction of sp³-hybridized carbons (Fsp3) is 0.158. The highest BCUT2D eigenvalue weighted by Crippen LogP contribution is 2.33. The highest BCUT2D eigenvalue weighted by molar-refractivity contribution is 7.92. The normalized spacial score (nSPS) is 12.0. The van der Waals surface area contributed by atoms with Gasteiger partial charge in [0.25, 0.3) is 0 Å². The molecule has 0 aliphatic heterocycles. The van der Waals surface area contributed by atoms with Gasteiger partial charge in [0, 0.05) is 17.0 Å². The molecule has 0 amide bonds. The van der Waals surface area contributed by atoms with Crippen LogP contribution in [0, 0.1) is 11.6 Å². The van der Waals surface area contributed by atoms with E-state index < -0.39 is 21.7 Å². The maximum absolute atomic E-state index is 15.0. The highest BCUT2D eigenvalue weighted by atomic mass is 32.2. The number of rotatable bonds is 5. The van der Waals surface area contributed by atoms with Crippen molar-refractivity contribution in [2.45, 2.75) is 13.3 Å². The van der Waals surface area contributed by atoms with E-state index in [1.807, 2.05) is 0 Å². The second kappa shape index (κ2) is 6.83. The molecule has 2 N–H and O–H groups in total. The minimum Gasteiger partial charge on any atom is -0.343 e. The lowest BCUT2D eigenvalue weighted by atomic mass is 10.0. The van der Waals surface area contributed by atoms with Crippen molar-refractivity contribution in [1.29, 1.82) is 0 Å². The van der Waals surface area contributed by atoms with E-state index in [0.29, 0.717) is 17.5 Å². The summed E-state index contributed by atoms with van der Waals surface area (Å²) in [6.45, 7) is 1.70. The molecule has 0 aliphatic carbocycles. The van der Waals surface area contributed by atoms with Crippen LogP contribution in [0.15, 0.2) is 42.9 Å². The largest absolute Gasteiger partial charge is 0.343 e. The van der Waals surface area contributed by atoms with E-state index in [9.17, 15) is 17.2 Å². The fourth-order valence-corrected chi connectivity index (χ4v) is 4.28. The van der Waals surface area contributed by atoms with E-state index in [-0.39, 0.29) is 22.6 Å². The smallest absolute Gasteiger partial charge is 0.232 e. The van der Waals surface area contributed by atoms with Gasteiger partial charge in [-0.1, -0.05) is 19.1 Å². The Balaban J connectivity index is 1.84. The number of hydrogen-bond acceptors (Lipinski definition) is 4. The van der Waals surface area contributed by atoms with Crippen LogP contribution in [0.1, 0.15) is 13.3 Å². The second-order valence-corrected chi connectivity index (χ2v) is 8.21. The molecular formula is C19H16F2N4O2S. The third-order valence-electron chi connectivity index (χ3n) is 4.38. The van der Waals surface area contributed by atoms with Crippen LogP contribution in [-0.2, 0) is 10.0 Å². The summed E-state index contributed by atoms with van der Waals surface area (Å²) >= 11 is 0. The van der Waals surface area contributed by atoms with E-state index in [4.69, 9.17) is 0 Å². The highest BCUT2D eigenvalue weighted by Gasteiger charge is 2.19. The van der Waals surface area contributed by atoms with Crippen LogP contribution < -0.4 is 4.72 Å². The number of aromatic amines is 1. The lowest BCUT2D eigenvalue weighted by Gasteiger charge is -2.13. The number of aromatic nitrogens is 3. The predicted octanol–water partition coefficient (Wildman–Crippen LogP) is 4.21. The van der Waals surface area contributed by atoms with Gasteiger partial charge in [-0.25, -0.2) is 27.2 Å². The molecule has 2 aromatic carbocycles. The molecule has 144 valence electrons. The Hall–Kier alpha value is -3.07. The zero-order chi connectivity index (χ0) is 19.9. The van der Waals surface area contributed by atoms with Crippen LogP contribution in [0.3, 0.4) is 0 Å². The quantitative estimate of drug-likeness (QED) is 0.524. The number of fused-ring (bicyclic) bond motifs is 3. The summed E-state index contributed by atoms with van der Waals surface area (Å²) in [4.78, 5) is 11.3. The van der Waals surface area contributed by atoms with Crippen molar-refractivity contribution in [3.05, 3.63) is 54.5 Å². The van der Waals surface area contributed by atoms with E-state index in [1.165, 1.54) is 6.33 Å². The van der Waals surface area contributed by atoms with Crippen molar-refractivity contribution in [2.24, 2.45) is 0 Å². The molecule has 0 saturated carbocycles. The van der Waals surface area contributed by atoms with Gasteiger partial charge in [0.15, 0.2) is 11.5 Å². The van der Waals surface area contributed by atoms with Gasteiger partial charge in [-0.2, -0.15) is 0 Å². The van der Waals surface area contributed by atoms with Gasteiger partial charge in [0.1, 0.15) is 5.82 Å². The molecule has 0 spiro atoms. The zero-order valence-electron chi connectivity index (χ0n) is 14.8. The molecule has 4 rings (SSSR count). The summed E-state index contributed by atoms with van der Waals surface area (Å²) in [5, 5.41) is 1.48. The summed E-state index contributed by atoms with van der Waals surface area (Å²) in [6.07, 6.45) is 3.48. The molecule has 0 saturated heterocycles. The summed E-state index contributed by atoms with van der Waals surface area (Å²) in [6, 6.07) is 7.03. The average Bonchev–Trinajstić information content (AvgIpc) is 3.13. The van der Waals surface area contributed by atoms with Crippen molar-refractivity contribution in [3.8, 4) is 11.1 Å². The molecule has 2 heterocycles. The number of H-pyrrole nitrogens is 1. The minimum atomic E-state index is -3.71. The molecule has 0 fully saturated rings. The third-order valence-corrected chi connectivity index (χ3v) is 5.86. The number of sulfonamides is 1. The van der Waals surface area contributed by atoms with Gasteiger partial charge >= 0.3 is 0 Å². The summed E-state index contributed by atoms with van der Waals surface area (Å²) in [5.41, 5.74) is 0.964. The Morgan fingerprint density at radius 2 is 1.96 bits per heavy atom. The molecule has 0 bridgehead atoms. The topological polar surface area (TPSA) is 87.7 Å². The first kappa shape index (κ1) is 18.3. The van der Waals surface area contributed by atoms with Gasteiger partial charge in [-0.05, 0) is 30.2 Å². The Bertz CT molecular complexity index is 1300. The zero-order valence-corrected chi connectivity index (χ0v) is 15.6. The molecule has 0 radical (unpaired) electrons. The van der Waals surface area contributed by atoms with Gasteiger partial charge in [-0.15, -0.1) is 0 Å². The summed E-state index contributed by atoms with van der Waals surface area (Å²) in [7, 11) is -3.71. The van der Waals surface area contributed by atoms with Crippen LogP contribution in [-0.4, -0.2) is 29.1 Å². The SMILES string of the molecule is CCCS(=O)(=O)Nc1ccc(F)c(-c2ccc3c(cnc4nc[nH]c43)c2)c1F. The number of hydrogen-bond donors (Lipinski definition) is 2. The van der Waals surface area contributed by atoms with Gasteiger partial charge < -0.3 is 4.98 Å². The van der Waals surface area contributed by atoms with Gasteiger partial charge in [0.05, 0.1) is 28.8 Å². The van der Waals surface area contributed by atoms with Crippen molar-refractivity contribution in [3.63, 3.8) is 0 Å². The Morgan fingerprint density at radius 1 is 1.14 bits per heavy atom. The first-order valence-corrected chi connectivity index (χ1v) is 10.3. The molecule has 4 aromatic rings. The molecule has 9 heteroatoms. The van der Waals surface area contributed by atoms with Crippen LogP contribution >= 0.6 is 0 Å². The number of nitrogens with one attached hydrogen (secondary N) is 2. The molecule has 0 atom stereocenters. The first-order chi connectivity index (χ1) is 13.4. The average molecular weight is 402 g/mol. The Morgan fingerprint density at radius 3 is 2.75 bits per heavy atom. The number of nitrogens with zero attached hydrogens (tertiary/aromatic N) is 2. The van der Waals surface area contributed by atoms with Crippen LogP contribution in [0.4, 0.5) is 14.5 Å². The van der Waals surface area contributed by atoms with Crippen molar-refractivity contribution in [1.82, 2.24) is 15.0 Å². The number of imidazole rings is 1. The van der Waals surface area contributed by atoms with Crippen molar-refractivity contribution >= 4 is 37.6 Å². The molecule has 0 aliphatic rings. The standard InChI is InChI=1S/C19H16F2N4O2S/c1-2-7-28(26,27)25-15-6-5-14(20)16(17(15)21)11-3-4-13-12(8-11)9-22-19-18(13)23-10-24-19/h3-6,8-10,25H,2,7H2,1H3,(H,22,23,24). The number of benzene rings is 2. The molecule has 2 aromatic heterocycles. The van der Waals surface area contributed by atoms with E-state index in [2.05, 4.69) is 19.7 Å². The van der Waals surface area contributed by atoms with Crippen molar-refractivity contribution in [2.75, 3.05) is 10.5 Å². The third kappa shape index (κ3) is 3.18. The van der Waals surface area contributed by atoms with Crippen molar-refractivity contribution < 1.29 is 17.2 Å². The van der Waals surface area contributed by atoms with Crippen LogP contribution in [0.2, 0.25) is 0 Å². The van der Waals surface area contributed by atoms with E-state index in [0.717, 1.165) is 23.0 Å². The summed E-state index contributed by atoms with van der Waals surface area (Å²) in [5.74, 6) is -1.90. The Labute approximate surface area is 159 Å². The maximum Gasteiger partial charge on any atom is 0.232 e. The first-order valence-electron chi connectivity index (χ1n) is 8.60. The lowest BCUT2D eigenvalue weighted by Crippen LogP contribution is -2.17. The number of halogens is 2. The molecule has 0 unspecified atom stereocenters.